The van der Waals surface area contributed by atoms with Crippen LogP contribution in [0.3, 0.4) is 0 Å². The zero-order chi connectivity index (χ0) is 20.4. The van der Waals surface area contributed by atoms with E-state index in [2.05, 4.69) is 0 Å². The van der Waals surface area contributed by atoms with E-state index in [9.17, 15) is 43.2 Å². The zero-order valence-corrected chi connectivity index (χ0v) is 15.7. The van der Waals surface area contributed by atoms with Crippen LogP contribution in [0.1, 0.15) is 51.9 Å². The van der Waals surface area contributed by atoms with Gasteiger partial charge in [-0.05, 0) is 12.8 Å². The highest BCUT2D eigenvalue weighted by molar-refractivity contribution is 7.93. The van der Waals surface area contributed by atoms with Crippen LogP contribution in [-0.2, 0) is 19.9 Å². The van der Waals surface area contributed by atoms with E-state index in [4.69, 9.17) is 0 Å². The highest BCUT2D eigenvalue weighted by atomic mass is 32.2. The molecule has 1 fully saturated rings. The number of hydrogen-bond acceptors (Lipinski definition) is 4. The number of sulfonamides is 1. The highest BCUT2D eigenvalue weighted by Gasteiger charge is 2.70. The Morgan fingerprint density at radius 1 is 0.885 bits per heavy atom. The third kappa shape index (κ3) is 4.13. The van der Waals surface area contributed by atoms with Crippen LogP contribution in [0.25, 0.3) is 0 Å². The van der Waals surface area contributed by atoms with Crippen molar-refractivity contribution in [1.29, 1.82) is 0 Å². The predicted octanol–water partition coefficient (Wildman–Crippen LogP) is 3.68. The van der Waals surface area contributed by atoms with Gasteiger partial charge in [0.05, 0.1) is 13.1 Å². The summed E-state index contributed by atoms with van der Waals surface area (Å²) >= 11 is 0. The Balaban J connectivity index is 3.37. The van der Waals surface area contributed by atoms with Gasteiger partial charge in [-0.25, -0.2) is 8.42 Å². The summed E-state index contributed by atoms with van der Waals surface area (Å²) in [6.07, 6.45) is 1.15. The minimum atomic E-state index is -6.16. The second kappa shape index (κ2) is 7.82. The van der Waals surface area contributed by atoms with Crippen LogP contribution in [-0.4, -0.2) is 50.2 Å². The standard InChI is InChI=1S/C13H22F6NO4S2/c1-2-3-4-5-6-9-20(26(23,24)13(17,18)19)10-7-8-11(20)25(21,22)12(14,15)16/h11H,2-10H2,1H3/q+1. The lowest BCUT2D eigenvalue weighted by atomic mass is 10.1. The Morgan fingerprint density at radius 3 is 1.88 bits per heavy atom. The summed E-state index contributed by atoms with van der Waals surface area (Å²) in [5.41, 5.74) is -11.7. The normalized spacial score (nSPS) is 25.6. The van der Waals surface area contributed by atoms with Crippen molar-refractivity contribution in [1.82, 2.24) is 0 Å². The monoisotopic (exact) mass is 434 g/mol. The second-order valence-corrected chi connectivity index (χ2v) is 10.6. The Labute approximate surface area is 148 Å². The summed E-state index contributed by atoms with van der Waals surface area (Å²) in [7, 11) is -12.2. The second-order valence-electron chi connectivity index (χ2n) is 6.32. The van der Waals surface area contributed by atoms with Crippen LogP contribution >= 0.6 is 0 Å². The van der Waals surface area contributed by atoms with Crippen molar-refractivity contribution in [2.45, 2.75) is 68.3 Å². The molecule has 1 rings (SSSR count). The van der Waals surface area contributed by atoms with E-state index in [0.717, 1.165) is 12.8 Å². The fourth-order valence-corrected chi connectivity index (χ4v) is 7.06. The maximum Gasteiger partial charge on any atom is 0.549 e. The number of sulfone groups is 1. The van der Waals surface area contributed by atoms with E-state index in [1.807, 2.05) is 6.92 Å². The third-order valence-electron chi connectivity index (χ3n) is 4.60. The average molecular weight is 434 g/mol. The Morgan fingerprint density at radius 2 is 1.42 bits per heavy atom. The lowest BCUT2D eigenvalue weighted by Gasteiger charge is -2.38. The molecule has 26 heavy (non-hydrogen) atoms. The van der Waals surface area contributed by atoms with Gasteiger partial charge in [0.25, 0.3) is 0 Å². The summed E-state index contributed by atoms with van der Waals surface area (Å²) in [5, 5.41) is -2.69. The molecule has 0 N–H and O–H groups in total. The van der Waals surface area contributed by atoms with Crippen molar-refractivity contribution in [2.24, 2.45) is 0 Å². The van der Waals surface area contributed by atoms with Crippen molar-refractivity contribution in [2.75, 3.05) is 13.1 Å². The van der Waals surface area contributed by atoms with Crippen molar-refractivity contribution < 1.29 is 47.1 Å². The van der Waals surface area contributed by atoms with Crippen molar-refractivity contribution >= 4 is 19.9 Å². The minimum absolute atomic E-state index is 0.112. The summed E-state index contributed by atoms with van der Waals surface area (Å²) in [5.74, 6) is 0. The first-order valence-corrected chi connectivity index (χ1v) is 11.1. The van der Waals surface area contributed by atoms with Gasteiger partial charge in [0, 0.05) is 12.8 Å². The molecule has 0 aromatic heterocycles. The molecule has 13 heteroatoms. The van der Waals surface area contributed by atoms with Gasteiger partial charge in [0.1, 0.15) is 0 Å². The molecule has 1 aliphatic rings. The molecule has 0 bridgehead atoms. The van der Waals surface area contributed by atoms with Crippen LogP contribution < -0.4 is 0 Å². The molecule has 0 saturated carbocycles. The maximum absolute atomic E-state index is 13.1. The number of unbranched alkanes of at least 4 members (excludes halogenated alkanes) is 4. The molecular formula is C13H22F6NO4S2+. The summed E-state index contributed by atoms with van der Waals surface area (Å²) in [6.45, 7) is 0.246. The third-order valence-corrected chi connectivity index (χ3v) is 8.90. The van der Waals surface area contributed by atoms with Gasteiger partial charge in [-0.15, -0.1) is 0 Å². The van der Waals surface area contributed by atoms with Crippen LogP contribution in [0, 0.1) is 0 Å². The average Bonchev–Trinajstić information content (AvgIpc) is 2.90. The van der Waals surface area contributed by atoms with Crippen molar-refractivity contribution in [3.63, 3.8) is 0 Å². The largest absolute Gasteiger partial charge is 0.549 e. The van der Waals surface area contributed by atoms with Crippen LogP contribution in [0.15, 0.2) is 0 Å². The smallest absolute Gasteiger partial charge is 0.213 e. The van der Waals surface area contributed by atoms with E-state index in [0.29, 0.717) is 12.8 Å². The molecule has 2 unspecified atom stereocenters. The molecule has 5 nitrogen and oxygen atoms in total. The highest BCUT2D eigenvalue weighted by Crippen LogP contribution is 2.45. The van der Waals surface area contributed by atoms with Crippen molar-refractivity contribution in [3.05, 3.63) is 0 Å². The first-order valence-electron chi connectivity index (χ1n) is 8.13. The van der Waals surface area contributed by atoms with Crippen LogP contribution in [0.2, 0.25) is 0 Å². The quantitative estimate of drug-likeness (QED) is 0.332. The minimum Gasteiger partial charge on any atom is -0.213 e. The summed E-state index contributed by atoms with van der Waals surface area (Å²) < 4.78 is 124. The number of hydrogen-bond donors (Lipinski definition) is 0. The maximum atomic E-state index is 13.1. The fourth-order valence-electron chi connectivity index (χ4n) is 3.32. The Kier molecular flexibility index (Phi) is 7.06. The summed E-state index contributed by atoms with van der Waals surface area (Å²) in [4.78, 5) is 0. The molecule has 0 aliphatic carbocycles. The van der Waals surface area contributed by atoms with Crippen molar-refractivity contribution in [3.8, 4) is 0 Å². The molecular weight excluding hydrogens is 412 g/mol. The Bertz CT molecular complexity index is 686. The lowest BCUT2D eigenvalue weighted by Crippen LogP contribution is -2.63. The van der Waals surface area contributed by atoms with Crippen LogP contribution in [0.4, 0.5) is 26.3 Å². The van der Waals surface area contributed by atoms with Crippen LogP contribution in [0.5, 0.6) is 0 Å². The number of likely N-dealkylation sites (tertiary alicyclic amines) is 1. The summed E-state index contributed by atoms with van der Waals surface area (Å²) in [6, 6.07) is 0. The Hall–Kier alpha value is -0.560. The number of halogens is 6. The molecule has 1 aliphatic heterocycles. The van der Waals surface area contributed by atoms with Gasteiger partial charge in [0.15, 0.2) is 0 Å². The molecule has 0 radical (unpaired) electrons. The lowest BCUT2D eigenvalue weighted by molar-refractivity contribution is -0.807. The number of nitrogens with zero attached hydrogens (tertiary/aromatic N) is 1. The molecule has 2 atom stereocenters. The van der Waals surface area contributed by atoms with E-state index in [1.165, 1.54) is 0 Å². The number of alkyl halides is 6. The van der Waals surface area contributed by atoms with E-state index in [1.54, 1.807) is 0 Å². The number of rotatable bonds is 8. The fraction of sp³-hybridized carbons (Fsp3) is 1.00. The first kappa shape index (κ1) is 23.5. The molecule has 1 heterocycles. The topological polar surface area (TPSA) is 68.3 Å². The van der Waals surface area contributed by atoms with Gasteiger partial charge < -0.3 is 0 Å². The van der Waals surface area contributed by atoms with E-state index < -0.39 is 59.6 Å². The molecule has 0 aromatic carbocycles. The SMILES string of the molecule is CCCCCCC[N+]1(S(=O)(=O)C(F)(F)F)CCCC1S(=O)(=O)C(F)(F)F. The van der Waals surface area contributed by atoms with E-state index in [-0.39, 0.29) is 12.8 Å². The predicted molar refractivity (Wildman–Crippen MR) is 81.7 cm³/mol. The number of quaternary nitrogens is 1. The molecule has 1 saturated heterocycles. The molecule has 0 amide bonds. The molecule has 156 valence electrons. The van der Waals surface area contributed by atoms with Gasteiger partial charge in [-0.3, -0.25) is 0 Å². The zero-order valence-electron chi connectivity index (χ0n) is 14.1. The van der Waals surface area contributed by atoms with E-state index >= 15 is 0 Å². The van der Waals surface area contributed by atoms with Gasteiger partial charge >= 0.3 is 30.9 Å². The van der Waals surface area contributed by atoms with Gasteiger partial charge in [0.2, 0.25) is 5.37 Å². The molecule has 0 spiro atoms. The molecule has 0 aromatic rings. The van der Waals surface area contributed by atoms with Gasteiger partial charge in [-0.2, -0.15) is 38.6 Å². The first-order chi connectivity index (χ1) is 11.6. The van der Waals surface area contributed by atoms with Gasteiger partial charge in [-0.1, -0.05) is 26.2 Å².